The van der Waals surface area contributed by atoms with Gasteiger partial charge < -0.3 is 10.3 Å². The summed E-state index contributed by atoms with van der Waals surface area (Å²) >= 11 is 3.63. The van der Waals surface area contributed by atoms with Gasteiger partial charge in [0.25, 0.3) is 5.91 Å². The first-order chi connectivity index (χ1) is 13.1. The van der Waals surface area contributed by atoms with Crippen LogP contribution < -0.4 is 15.6 Å². The standard InChI is InChI=1S/C18H20BrN7O/c1-12-10-13(11-21-24-12)17(27)23-18-22-15-5-2-4-14(19)16(15)26(18)25-8-3-6-20-7-9-25/h2,4-5,10-11,20H,3,6-9H2,1H3,(H,22,23,27). The average Bonchev–Trinajstić information content (AvgIpc) is 2.83. The van der Waals surface area contributed by atoms with Gasteiger partial charge in [0.1, 0.15) is 5.52 Å². The lowest BCUT2D eigenvalue weighted by molar-refractivity contribution is 0.102. The van der Waals surface area contributed by atoms with Crippen molar-refractivity contribution in [2.75, 3.05) is 36.5 Å². The fourth-order valence-electron chi connectivity index (χ4n) is 3.23. The Morgan fingerprint density at radius 1 is 1.30 bits per heavy atom. The van der Waals surface area contributed by atoms with Gasteiger partial charge in [-0.2, -0.15) is 10.2 Å². The number of amides is 1. The lowest BCUT2D eigenvalue weighted by Gasteiger charge is -2.26. The van der Waals surface area contributed by atoms with Crippen LogP contribution in [-0.2, 0) is 0 Å². The second kappa shape index (κ2) is 7.61. The Hall–Kier alpha value is -2.52. The Morgan fingerprint density at radius 3 is 3.04 bits per heavy atom. The molecule has 0 bridgehead atoms. The minimum absolute atomic E-state index is 0.256. The molecular weight excluding hydrogens is 410 g/mol. The Balaban J connectivity index is 1.76. The van der Waals surface area contributed by atoms with E-state index in [1.165, 1.54) is 6.20 Å². The molecule has 0 saturated carbocycles. The first-order valence-corrected chi connectivity index (χ1v) is 9.66. The van der Waals surface area contributed by atoms with Crippen molar-refractivity contribution in [2.24, 2.45) is 0 Å². The molecule has 1 aliphatic heterocycles. The monoisotopic (exact) mass is 429 g/mol. The zero-order chi connectivity index (χ0) is 18.8. The summed E-state index contributed by atoms with van der Waals surface area (Å²) in [6.45, 7) is 5.36. The van der Waals surface area contributed by atoms with Crippen molar-refractivity contribution in [3.63, 3.8) is 0 Å². The summed E-state index contributed by atoms with van der Waals surface area (Å²) < 4.78 is 2.94. The summed E-state index contributed by atoms with van der Waals surface area (Å²) in [7, 11) is 0. The second-order valence-corrected chi connectivity index (χ2v) is 7.31. The van der Waals surface area contributed by atoms with Crippen molar-refractivity contribution >= 4 is 38.8 Å². The molecule has 1 aliphatic rings. The van der Waals surface area contributed by atoms with E-state index < -0.39 is 0 Å². The van der Waals surface area contributed by atoms with E-state index in [4.69, 9.17) is 0 Å². The average molecular weight is 430 g/mol. The lowest BCUT2D eigenvalue weighted by Crippen LogP contribution is -2.38. The minimum Gasteiger partial charge on any atom is -0.315 e. The van der Waals surface area contributed by atoms with Crippen LogP contribution in [0.2, 0.25) is 0 Å². The normalized spacial score (nSPS) is 15.0. The second-order valence-electron chi connectivity index (χ2n) is 6.45. The summed E-state index contributed by atoms with van der Waals surface area (Å²) in [4.78, 5) is 17.4. The predicted molar refractivity (Wildman–Crippen MR) is 108 cm³/mol. The first kappa shape index (κ1) is 17.9. The number of nitrogens with zero attached hydrogens (tertiary/aromatic N) is 5. The summed E-state index contributed by atoms with van der Waals surface area (Å²) in [6.07, 6.45) is 2.48. The summed E-state index contributed by atoms with van der Waals surface area (Å²) in [5.41, 5.74) is 2.91. The van der Waals surface area contributed by atoms with Gasteiger partial charge in [-0.15, -0.1) is 0 Å². The number of hydrogen-bond acceptors (Lipinski definition) is 6. The maximum Gasteiger partial charge on any atom is 0.259 e. The van der Waals surface area contributed by atoms with E-state index >= 15 is 0 Å². The molecule has 2 aromatic heterocycles. The van der Waals surface area contributed by atoms with Crippen molar-refractivity contribution in [1.82, 2.24) is 25.2 Å². The number of aromatic nitrogens is 4. The van der Waals surface area contributed by atoms with Gasteiger partial charge in [-0.25, -0.2) is 9.66 Å². The number of rotatable bonds is 3. The Labute approximate surface area is 165 Å². The molecule has 1 aromatic carbocycles. The maximum atomic E-state index is 12.8. The number of benzene rings is 1. The predicted octanol–water partition coefficient (Wildman–Crippen LogP) is 2.08. The molecule has 0 atom stereocenters. The molecule has 0 radical (unpaired) electrons. The molecular formula is C18H20BrN7O. The summed E-state index contributed by atoms with van der Waals surface area (Å²) in [6, 6.07) is 7.58. The topological polar surface area (TPSA) is 88.0 Å². The van der Waals surface area contributed by atoms with Crippen molar-refractivity contribution < 1.29 is 4.79 Å². The van der Waals surface area contributed by atoms with E-state index in [9.17, 15) is 4.79 Å². The zero-order valence-corrected chi connectivity index (χ0v) is 16.5. The highest BCUT2D eigenvalue weighted by Crippen LogP contribution is 2.28. The van der Waals surface area contributed by atoms with Crippen molar-refractivity contribution in [2.45, 2.75) is 13.3 Å². The van der Waals surface area contributed by atoms with Gasteiger partial charge in [0, 0.05) is 24.1 Å². The molecule has 4 rings (SSSR count). The Morgan fingerprint density at radius 2 is 2.19 bits per heavy atom. The number of carbonyl (C=O) groups excluding carboxylic acids is 1. The molecule has 2 N–H and O–H groups in total. The highest BCUT2D eigenvalue weighted by Gasteiger charge is 2.21. The molecule has 1 saturated heterocycles. The van der Waals surface area contributed by atoms with E-state index in [1.54, 1.807) is 13.0 Å². The van der Waals surface area contributed by atoms with Crippen LogP contribution in [0.15, 0.2) is 34.9 Å². The third kappa shape index (κ3) is 3.65. The van der Waals surface area contributed by atoms with Gasteiger partial charge in [-0.1, -0.05) is 6.07 Å². The number of para-hydroxylation sites is 1. The Kier molecular flexibility index (Phi) is 5.04. The molecule has 0 unspecified atom stereocenters. The molecule has 27 heavy (non-hydrogen) atoms. The molecule has 1 fully saturated rings. The summed E-state index contributed by atoms with van der Waals surface area (Å²) in [5.74, 6) is 0.242. The fourth-order valence-corrected chi connectivity index (χ4v) is 3.75. The highest BCUT2D eigenvalue weighted by atomic mass is 79.9. The molecule has 0 aliphatic carbocycles. The number of halogens is 1. The van der Waals surface area contributed by atoms with Crippen molar-refractivity contribution in [3.05, 3.63) is 46.2 Å². The van der Waals surface area contributed by atoms with Gasteiger partial charge >= 0.3 is 0 Å². The van der Waals surface area contributed by atoms with E-state index in [0.717, 1.165) is 48.1 Å². The highest BCUT2D eigenvalue weighted by molar-refractivity contribution is 9.10. The van der Waals surface area contributed by atoms with Crippen LogP contribution >= 0.6 is 15.9 Å². The molecule has 1 amide bonds. The Bertz CT molecular complexity index is 979. The van der Waals surface area contributed by atoms with Gasteiger partial charge in [-0.3, -0.25) is 10.1 Å². The number of carbonyl (C=O) groups is 1. The lowest BCUT2D eigenvalue weighted by atomic mass is 10.2. The molecule has 3 aromatic rings. The van der Waals surface area contributed by atoms with E-state index in [2.05, 4.69) is 46.8 Å². The smallest absolute Gasteiger partial charge is 0.259 e. The first-order valence-electron chi connectivity index (χ1n) is 8.87. The number of fused-ring (bicyclic) bond motifs is 1. The zero-order valence-electron chi connectivity index (χ0n) is 14.9. The van der Waals surface area contributed by atoms with Gasteiger partial charge in [0.2, 0.25) is 5.95 Å². The number of hydrogen-bond donors (Lipinski definition) is 2. The SMILES string of the molecule is Cc1cc(C(=O)Nc2nc3cccc(Br)c3n2N2CCCNCC2)cnn1. The van der Waals surface area contributed by atoms with Gasteiger partial charge in [0.15, 0.2) is 0 Å². The van der Waals surface area contributed by atoms with Crippen LogP contribution in [0.5, 0.6) is 0 Å². The van der Waals surface area contributed by atoms with Gasteiger partial charge in [-0.05, 0) is 54.0 Å². The molecule has 9 heteroatoms. The third-order valence-electron chi connectivity index (χ3n) is 4.47. The number of anilines is 1. The van der Waals surface area contributed by atoms with E-state index in [0.29, 0.717) is 17.2 Å². The number of aryl methyl sites for hydroxylation is 1. The number of nitrogens with one attached hydrogen (secondary N) is 2. The van der Waals surface area contributed by atoms with E-state index in [1.807, 2.05) is 22.9 Å². The number of imidazole rings is 1. The van der Waals surface area contributed by atoms with Crippen molar-refractivity contribution in [3.8, 4) is 0 Å². The quantitative estimate of drug-likeness (QED) is 0.662. The largest absolute Gasteiger partial charge is 0.315 e. The van der Waals surface area contributed by atoms with Gasteiger partial charge in [0.05, 0.1) is 23.0 Å². The van der Waals surface area contributed by atoms with Crippen LogP contribution in [0.4, 0.5) is 5.95 Å². The summed E-state index contributed by atoms with van der Waals surface area (Å²) in [5, 5.41) is 16.3. The van der Waals surface area contributed by atoms with Crippen LogP contribution in [0.25, 0.3) is 11.0 Å². The minimum atomic E-state index is -0.256. The van der Waals surface area contributed by atoms with Crippen molar-refractivity contribution in [1.29, 1.82) is 0 Å². The van der Waals surface area contributed by atoms with Crippen LogP contribution in [0.3, 0.4) is 0 Å². The molecule has 8 nitrogen and oxygen atoms in total. The fraction of sp³-hybridized carbons (Fsp3) is 0.333. The van der Waals surface area contributed by atoms with Crippen LogP contribution in [-0.4, -0.2) is 51.9 Å². The van der Waals surface area contributed by atoms with Crippen LogP contribution in [0, 0.1) is 6.92 Å². The van der Waals surface area contributed by atoms with Crippen LogP contribution in [0.1, 0.15) is 22.5 Å². The van der Waals surface area contributed by atoms with E-state index in [-0.39, 0.29) is 5.91 Å². The molecule has 0 spiro atoms. The molecule has 3 heterocycles. The maximum absolute atomic E-state index is 12.8. The molecule has 140 valence electrons. The third-order valence-corrected chi connectivity index (χ3v) is 5.11.